The highest BCUT2D eigenvalue weighted by molar-refractivity contribution is 5.50. The summed E-state index contributed by atoms with van der Waals surface area (Å²) in [6.45, 7) is 9.62. The lowest BCUT2D eigenvalue weighted by atomic mass is 10.0. The second-order valence-electron chi connectivity index (χ2n) is 5.43. The molecule has 1 heterocycles. The van der Waals surface area contributed by atoms with Crippen LogP contribution in [0.25, 0.3) is 0 Å². The third-order valence-electron chi connectivity index (χ3n) is 3.14. The highest BCUT2D eigenvalue weighted by Crippen LogP contribution is 2.41. The summed E-state index contributed by atoms with van der Waals surface area (Å²) in [6, 6.07) is 6.00. The van der Waals surface area contributed by atoms with Gasteiger partial charge >= 0.3 is 0 Å². The molecule has 0 saturated carbocycles. The molecule has 1 aliphatic heterocycles. The van der Waals surface area contributed by atoms with Crippen LogP contribution in [0, 0.1) is 0 Å². The van der Waals surface area contributed by atoms with Crippen LogP contribution < -0.4 is 9.47 Å². The van der Waals surface area contributed by atoms with Gasteiger partial charge in [0.25, 0.3) is 0 Å². The Morgan fingerprint density at radius 1 is 1.20 bits per heavy atom. The second-order valence-corrected chi connectivity index (χ2v) is 5.43. The first-order valence-electron chi connectivity index (χ1n) is 7.22. The molecule has 4 nitrogen and oxygen atoms in total. The Hall–Kier alpha value is -1.26. The van der Waals surface area contributed by atoms with Crippen molar-refractivity contribution in [2.24, 2.45) is 0 Å². The van der Waals surface area contributed by atoms with Crippen molar-refractivity contribution in [1.29, 1.82) is 0 Å². The molecule has 0 amide bonds. The molecule has 2 rings (SSSR count). The molecule has 0 fully saturated rings. The first kappa shape index (κ1) is 15.1. The number of rotatable bonds is 7. The van der Waals surface area contributed by atoms with Crippen molar-refractivity contribution in [1.82, 2.24) is 0 Å². The van der Waals surface area contributed by atoms with Gasteiger partial charge in [0.05, 0.1) is 0 Å². The predicted octanol–water partition coefficient (Wildman–Crippen LogP) is 3.18. The third-order valence-corrected chi connectivity index (χ3v) is 3.14. The summed E-state index contributed by atoms with van der Waals surface area (Å²) >= 11 is 0. The topological polar surface area (TPSA) is 36.9 Å². The Balaban J connectivity index is 2.02. The molecule has 4 heteroatoms. The highest BCUT2D eigenvalue weighted by atomic mass is 16.7. The number of hydrogen-bond donors (Lipinski definition) is 0. The van der Waals surface area contributed by atoms with Gasteiger partial charge in [0.2, 0.25) is 0 Å². The zero-order valence-electron chi connectivity index (χ0n) is 12.8. The van der Waals surface area contributed by atoms with E-state index in [0.717, 1.165) is 17.9 Å². The molecular weight excluding hydrogens is 256 g/mol. The molecule has 1 aliphatic rings. The van der Waals surface area contributed by atoms with Gasteiger partial charge < -0.3 is 18.9 Å². The van der Waals surface area contributed by atoms with E-state index in [2.05, 4.69) is 19.9 Å². The van der Waals surface area contributed by atoms with Crippen molar-refractivity contribution in [2.45, 2.75) is 46.0 Å². The van der Waals surface area contributed by atoms with Crippen molar-refractivity contribution >= 4 is 0 Å². The molecule has 0 unspecified atom stereocenters. The van der Waals surface area contributed by atoms with E-state index < -0.39 is 0 Å². The maximum absolute atomic E-state index is 5.97. The zero-order chi connectivity index (χ0) is 14.6. The highest BCUT2D eigenvalue weighted by Gasteiger charge is 2.32. The normalized spacial score (nSPS) is 16.1. The van der Waals surface area contributed by atoms with Crippen LogP contribution in [0.4, 0.5) is 0 Å². The summed E-state index contributed by atoms with van der Waals surface area (Å²) in [4.78, 5) is 0. The van der Waals surface area contributed by atoms with E-state index in [1.165, 1.54) is 5.56 Å². The van der Waals surface area contributed by atoms with E-state index in [-0.39, 0.29) is 11.9 Å². The molecule has 0 aromatic heterocycles. The van der Waals surface area contributed by atoms with Crippen LogP contribution in [0.1, 0.15) is 33.3 Å². The Morgan fingerprint density at radius 3 is 2.55 bits per heavy atom. The minimum Gasteiger partial charge on any atom is -0.484 e. The second kappa shape index (κ2) is 6.46. The minimum atomic E-state index is -0.338. The molecule has 0 bridgehead atoms. The van der Waals surface area contributed by atoms with E-state index in [0.29, 0.717) is 19.8 Å². The fourth-order valence-electron chi connectivity index (χ4n) is 2.37. The lowest BCUT2D eigenvalue weighted by Crippen LogP contribution is -2.26. The van der Waals surface area contributed by atoms with Gasteiger partial charge in [-0.1, -0.05) is 12.1 Å². The summed E-state index contributed by atoms with van der Waals surface area (Å²) in [7, 11) is 0. The first-order chi connectivity index (χ1) is 9.55. The quantitative estimate of drug-likeness (QED) is 0.719. The smallest absolute Gasteiger partial charge is 0.191 e. The summed E-state index contributed by atoms with van der Waals surface area (Å²) in [5.74, 6) is 1.61. The fourth-order valence-corrected chi connectivity index (χ4v) is 2.37. The van der Waals surface area contributed by atoms with Crippen LogP contribution in [-0.2, 0) is 15.9 Å². The molecule has 1 aromatic carbocycles. The molecule has 0 N–H and O–H groups in total. The van der Waals surface area contributed by atoms with Crippen molar-refractivity contribution in [2.75, 3.05) is 19.8 Å². The number of para-hydroxylation sites is 1. The van der Waals surface area contributed by atoms with E-state index >= 15 is 0 Å². The van der Waals surface area contributed by atoms with Gasteiger partial charge in [0.1, 0.15) is 12.2 Å². The Bertz CT molecular complexity index is 436. The summed E-state index contributed by atoms with van der Waals surface area (Å²) in [5.41, 5.74) is 1.03. The Labute approximate surface area is 121 Å². The van der Waals surface area contributed by atoms with E-state index in [4.69, 9.17) is 18.9 Å². The average molecular weight is 280 g/mol. The number of hydrogen-bond acceptors (Lipinski definition) is 4. The van der Waals surface area contributed by atoms with Crippen molar-refractivity contribution in [3.05, 3.63) is 23.8 Å². The molecule has 112 valence electrons. The fraction of sp³-hybridized carbons (Fsp3) is 0.625. The van der Waals surface area contributed by atoms with Crippen LogP contribution in [-0.4, -0.2) is 31.7 Å². The van der Waals surface area contributed by atoms with Gasteiger partial charge in [0, 0.05) is 25.2 Å². The molecule has 0 radical (unpaired) electrons. The third kappa shape index (κ3) is 3.64. The standard InChI is InChI=1S/C16H24O4/c1-5-17-14(18-6-2)11-19-13-9-7-8-12-10-16(3,4)20-15(12)13/h7-9,14H,5-6,10-11H2,1-4H3. The van der Waals surface area contributed by atoms with Crippen LogP contribution in [0.2, 0.25) is 0 Å². The van der Waals surface area contributed by atoms with Gasteiger partial charge in [-0.2, -0.15) is 0 Å². The molecular formula is C16H24O4. The molecule has 20 heavy (non-hydrogen) atoms. The van der Waals surface area contributed by atoms with Crippen LogP contribution in [0.15, 0.2) is 18.2 Å². The Morgan fingerprint density at radius 2 is 1.90 bits per heavy atom. The SMILES string of the molecule is CCOC(COc1cccc2c1OC(C)(C)C2)OCC. The summed E-state index contributed by atoms with van der Waals surface area (Å²) in [6.07, 6.45) is 0.565. The number of benzene rings is 1. The minimum absolute atomic E-state index is 0.166. The predicted molar refractivity (Wildman–Crippen MR) is 77.4 cm³/mol. The maximum atomic E-state index is 5.97. The molecule has 0 saturated heterocycles. The van der Waals surface area contributed by atoms with Crippen molar-refractivity contribution in [3.63, 3.8) is 0 Å². The Kier molecular flexibility index (Phi) is 4.89. The van der Waals surface area contributed by atoms with Gasteiger partial charge in [-0.05, 0) is 33.8 Å². The summed E-state index contributed by atoms with van der Waals surface area (Å²) < 4.78 is 22.8. The first-order valence-corrected chi connectivity index (χ1v) is 7.22. The maximum Gasteiger partial charge on any atom is 0.191 e. The zero-order valence-corrected chi connectivity index (χ0v) is 12.8. The van der Waals surface area contributed by atoms with Crippen LogP contribution >= 0.6 is 0 Å². The van der Waals surface area contributed by atoms with Crippen LogP contribution in [0.5, 0.6) is 11.5 Å². The van der Waals surface area contributed by atoms with E-state index in [1.54, 1.807) is 0 Å². The molecule has 0 atom stereocenters. The summed E-state index contributed by atoms with van der Waals surface area (Å²) in [5, 5.41) is 0. The lowest BCUT2D eigenvalue weighted by Gasteiger charge is -2.20. The van der Waals surface area contributed by atoms with Gasteiger partial charge in [0.15, 0.2) is 17.8 Å². The molecule has 0 aliphatic carbocycles. The van der Waals surface area contributed by atoms with E-state index in [9.17, 15) is 0 Å². The molecule has 1 aromatic rings. The number of fused-ring (bicyclic) bond motifs is 1. The van der Waals surface area contributed by atoms with Crippen LogP contribution in [0.3, 0.4) is 0 Å². The van der Waals surface area contributed by atoms with Gasteiger partial charge in [-0.15, -0.1) is 0 Å². The molecule has 0 spiro atoms. The van der Waals surface area contributed by atoms with Crippen molar-refractivity contribution < 1.29 is 18.9 Å². The van der Waals surface area contributed by atoms with Crippen molar-refractivity contribution in [3.8, 4) is 11.5 Å². The van der Waals surface area contributed by atoms with Gasteiger partial charge in [-0.25, -0.2) is 0 Å². The van der Waals surface area contributed by atoms with E-state index in [1.807, 2.05) is 26.0 Å². The monoisotopic (exact) mass is 280 g/mol. The van der Waals surface area contributed by atoms with Gasteiger partial charge in [-0.3, -0.25) is 0 Å². The largest absolute Gasteiger partial charge is 0.484 e. The number of ether oxygens (including phenoxy) is 4. The average Bonchev–Trinajstić information content (AvgIpc) is 2.71. The lowest BCUT2D eigenvalue weighted by molar-refractivity contribution is -0.152.